The molecule has 1 aliphatic heterocycles. The molecule has 3 heteroatoms. The van der Waals surface area contributed by atoms with Gasteiger partial charge in [0.1, 0.15) is 0 Å². The normalized spacial score (nSPS) is 34.1. The minimum atomic E-state index is -0.0761. The van der Waals surface area contributed by atoms with Crippen LogP contribution in [-0.4, -0.2) is 47.3 Å². The molecular formula is C8H17NOS. The zero-order valence-corrected chi connectivity index (χ0v) is 8.10. The van der Waals surface area contributed by atoms with E-state index in [0.29, 0.717) is 5.25 Å². The largest absolute Gasteiger partial charge is 0.392 e. The summed E-state index contributed by atoms with van der Waals surface area (Å²) in [5, 5.41) is 9.97. The average Bonchev–Trinajstić information content (AvgIpc) is 2.05. The topological polar surface area (TPSA) is 23.5 Å². The quantitative estimate of drug-likeness (QED) is 0.671. The van der Waals surface area contributed by atoms with Gasteiger partial charge in [-0.1, -0.05) is 6.92 Å². The van der Waals surface area contributed by atoms with Gasteiger partial charge in [-0.05, 0) is 19.2 Å². The SMILES string of the molecule is CCN1CCC(O)C(SC)C1. The highest BCUT2D eigenvalue weighted by atomic mass is 32.2. The molecule has 0 saturated carbocycles. The summed E-state index contributed by atoms with van der Waals surface area (Å²) in [4.78, 5) is 2.40. The third-order valence-corrected chi connectivity index (χ3v) is 3.43. The fraction of sp³-hybridized carbons (Fsp3) is 1.00. The molecule has 0 aromatic heterocycles. The Morgan fingerprint density at radius 1 is 1.64 bits per heavy atom. The molecule has 1 aliphatic rings. The van der Waals surface area contributed by atoms with Crippen molar-refractivity contribution in [3.63, 3.8) is 0 Å². The Morgan fingerprint density at radius 3 is 2.91 bits per heavy atom. The molecule has 1 N–H and O–H groups in total. The van der Waals surface area contributed by atoms with Gasteiger partial charge in [-0.3, -0.25) is 0 Å². The molecule has 0 aromatic carbocycles. The molecule has 11 heavy (non-hydrogen) atoms. The fourth-order valence-corrected chi connectivity index (χ4v) is 2.30. The van der Waals surface area contributed by atoms with E-state index in [9.17, 15) is 5.11 Å². The van der Waals surface area contributed by atoms with Crippen LogP contribution < -0.4 is 0 Å². The molecule has 0 bridgehead atoms. The van der Waals surface area contributed by atoms with Gasteiger partial charge in [-0.2, -0.15) is 11.8 Å². The van der Waals surface area contributed by atoms with Crippen LogP contribution in [0.25, 0.3) is 0 Å². The summed E-state index contributed by atoms with van der Waals surface area (Å²) < 4.78 is 0. The summed E-state index contributed by atoms with van der Waals surface area (Å²) >= 11 is 1.78. The van der Waals surface area contributed by atoms with E-state index >= 15 is 0 Å². The Labute approximate surface area is 73.0 Å². The van der Waals surface area contributed by atoms with Crippen LogP contribution in [0.5, 0.6) is 0 Å². The van der Waals surface area contributed by atoms with E-state index in [1.807, 2.05) is 0 Å². The van der Waals surface area contributed by atoms with Gasteiger partial charge in [-0.15, -0.1) is 0 Å². The third kappa shape index (κ3) is 2.36. The lowest BCUT2D eigenvalue weighted by Crippen LogP contribution is -2.44. The van der Waals surface area contributed by atoms with E-state index < -0.39 is 0 Å². The number of likely N-dealkylation sites (tertiary alicyclic amines) is 1. The summed E-state index contributed by atoms with van der Waals surface area (Å²) in [5.41, 5.74) is 0. The van der Waals surface area contributed by atoms with Gasteiger partial charge >= 0.3 is 0 Å². The molecular weight excluding hydrogens is 158 g/mol. The van der Waals surface area contributed by atoms with Gasteiger partial charge < -0.3 is 10.0 Å². The van der Waals surface area contributed by atoms with Crippen molar-refractivity contribution in [3.05, 3.63) is 0 Å². The van der Waals surface area contributed by atoms with Crippen LogP contribution in [0.1, 0.15) is 13.3 Å². The smallest absolute Gasteiger partial charge is 0.0683 e. The van der Waals surface area contributed by atoms with E-state index in [2.05, 4.69) is 18.1 Å². The maximum atomic E-state index is 9.53. The molecule has 1 heterocycles. The predicted octanol–water partition coefficient (Wildman–Crippen LogP) is 0.804. The number of aliphatic hydroxyl groups excluding tert-OH is 1. The Morgan fingerprint density at radius 2 is 2.36 bits per heavy atom. The van der Waals surface area contributed by atoms with Gasteiger partial charge in [0.25, 0.3) is 0 Å². The Hall–Kier alpha value is 0.270. The molecule has 0 amide bonds. The molecule has 0 aliphatic carbocycles. The zero-order valence-electron chi connectivity index (χ0n) is 7.29. The first-order chi connectivity index (χ1) is 5.27. The Kier molecular flexibility index (Phi) is 3.69. The average molecular weight is 175 g/mol. The highest BCUT2D eigenvalue weighted by molar-refractivity contribution is 7.99. The second kappa shape index (κ2) is 4.33. The standard InChI is InChI=1S/C8H17NOS/c1-3-9-5-4-7(10)8(6-9)11-2/h7-8,10H,3-6H2,1-2H3. The van der Waals surface area contributed by atoms with Crippen LogP contribution in [0.3, 0.4) is 0 Å². The molecule has 2 unspecified atom stereocenters. The van der Waals surface area contributed by atoms with Crippen molar-refractivity contribution in [2.24, 2.45) is 0 Å². The minimum absolute atomic E-state index is 0.0761. The number of hydrogen-bond acceptors (Lipinski definition) is 3. The van der Waals surface area contributed by atoms with Crippen LogP contribution in [0.4, 0.5) is 0 Å². The number of nitrogens with zero attached hydrogens (tertiary/aromatic N) is 1. The van der Waals surface area contributed by atoms with Crippen LogP contribution in [0, 0.1) is 0 Å². The van der Waals surface area contributed by atoms with Crippen LogP contribution in [0.2, 0.25) is 0 Å². The van der Waals surface area contributed by atoms with Crippen LogP contribution in [0.15, 0.2) is 0 Å². The van der Waals surface area contributed by atoms with E-state index in [1.165, 1.54) is 0 Å². The molecule has 2 nitrogen and oxygen atoms in total. The summed E-state index contributed by atoms with van der Waals surface area (Å²) in [7, 11) is 0. The van der Waals surface area contributed by atoms with Crippen LogP contribution in [-0.2, 0) is 0 Å². The fourth-order valence-electron chi connectivity index (χ4n) is 1.49. The molecule has 0 spiro atoms. The number of piperidine rings is 1. The molecule has 0 aromatic rings. The molecule has 66 valence electrons. The first kappa shape index (κ1) is 9.36. The maximum absolute atomic E-state index is 9.53. The summed E-state index contributed by atoms with van der Waals surface area (Å²) in [6, 6.07) is 0. The second-order valence-electron chi connectivity index (χ2n) is 3.02. The third-order valence-electron chi connectivity index (χ3n) is 2.36. The molecule has 0 radical (unpaired) electrons. The predicted molar refractivity (Wildman–Crippen MR) is 50.0 cm³/mol. The monoisotopic (exact) mass is 175 g/mol. The molecule has 2 atom stereocenters. The first-order valence-electron chi connectivity index (χ1n) is 4.21. The van der Waals surface area contributed by atoms with Gasteiger partial charge in [0.15, 0.2) is 0 Å². The van der Waals surface area contributed by atoms with Crippen LogP contribution >= 0.6 is 11.8 Å². The van der Waals surface area contributed by atoms with Crippen molar-refractivity contribution in [1.29, 1.82) is 0 Å². The maximum Gasteiger partial charge on any atom is 0.0683 e. The highest BCUT2D eigenvalue weighted by Gasteiger charge is 2.25. The molecule has 1 fully saturated rings. The van der Waals surface area contributed by atoms with Gasteiger partial charge in [0.2, 0.25) is 0 Å². The van der Waals surface area contributed by atoms with E-state index in [4.69, 9.17) is 0 Å². The molecule has 1 rings (SSSR count). The van der Waals surface area contributed by atoms with Gasteiger partial charge in [0, 0.05) is 18.3 Å². The highest BCUT2D eigenvalue weighted by Crippen LogP contribution is 2.20. The first-order valence-corrected chi connectivity index (χ1v) is 5.50. The number of rotatable bonds is 2. The lowest BCUT2D eigenvalue weighted by atomic mass is 10.1. The minimum Gasteiger partial charge on any atom is -0.392 e. The van der Waals surface area contributed by atoms with E-state index in [1.54, 1.807) is 11.8 Å². The van der Waals surface area contributed by atoms with E-state index in [0.717, 1.165) is 26.1 Å². The van der Waals surface area contributed by atoms with Gasteiger partial charge in [0.05, 0.1) is 6.10 Å². The van der Waals surface area contributed by atoms with E-state index in [-0.39, 0.29) is 6.10 Å². The van der Waals surface area contributed by atoms with Gasteiger partial charge in [-0.25, -0.2) is 0 Å². The second-order valence-corrected chi connectivity index (χ2v) is 4.10. The Balaban J connectivity index is 2.37. The zero-order chi connectivity index (χ0) is 8.27. The Bertz CT molecular complexity index is 121. The molecule has 1 saturated heterocycles. The van der Waals surface area contributed by atoms with Crippen molar-refractivity contribution >= 4 is 11.8 Å². The number of aliphatic hydroxyl groups is 1. The van der Waals surface area contributed by atoms with Crippen molar-refractivity contribution < 1.29 is 5.11 Å². The lowest BCUT2D eigenvalue weighted by Gasteiger charge is -2.34. The van der Waals surface area contributed by atoms with Crippen molar-refractivity contribution in [3.8, 4) is 0 Å². The lowest BCUT2D eigenvalue weighted by molar-refractivity contribution is 0.0920. The summed E-state index contributed by atoms with van der Waals surface area (Å²) in [6.07, 6.45) is 2.94. The van der Waals surface area contributed by atoms with Crippen molar-refractivity contribution in [1.82, 2.24) is 4.90 Å². The summed E-state index contributed by atoms with van der Waals surface area (Å²) in [5.74, 6) is 0. The summed E-state index contributed by atoms with van der Waals surface area (Å²) in [6.45, 7) is 5.41. The van der Waals surface area contributed by atoms with Crippen molar-refractivity contribution in [2.45, 2.75) is 24.7 Å². The number of thioether (sulfide) groups is 1. The number of hydrogen-bond donors (Lipinski definition) is 1. The van der Waals surface area contributed by atoms with Crippen molar-refractivity contribution in [2.75, 3.05) is 25.9 Å².